The molecule has 0 aliphatic heterocycles. The molecule has 0 saturated heterocycles. The molecule has 0 atom stereocenters. The van der Waals surface area contributed by atoms with Crippen LogP contribution >= 0.6 is 34.8 Å². The fraction of sp³-hybridized carbons (Fsp3) is 0.222. The van der Waals surface area contributed by atoms with Gasteiger partial charge in [0, 0.05) is 7.05 Å². The fourth-order valence-corrected chi connectivity index (χ4v) is 1.54. The standard InChI is InChI=1S/C9H9Cl3N2O/c1-13-9(15)4-14-8-3-6(11)5(10)2-7(8)12/h2-3,14H,4H2,1H3,(H,13,15). The van der Waals surface area contributed by atoms with Crippen molar-refractivity contribution in [3.05, 3.63) is 27.2 Å². The van der Waals surface area contributed by atoms with Crippen molar-refractivity contribution in [3.63, 3.8) is 0 Å². The van der Waals surface area contributed by atoms with Crippen molar-refractivity contribution >= 4 is 46.4 Å². The third-order valence-electron chi connectivity index (χ3n) is 1.73. The van der Waals surface area contributed by atoms with Crippen LogP contribution in [0.1, 0.15) is 0 Å². The van der Waals surface area contributed by atoms with Crippen LogP contribution in [0.3, 0.4) is 0 Å². The maximum Gasteiger partial charge on any atom is 0.239 e. The molecule has 0 aliphatic carbocycles. The molecule has 82 valence electrons. The zero-order valence-electron chi connectivity index (χ0n) is 7.90. The molecule has 0 unspecified atom stereocenters. The van der Waals surface area contributed by atoms with E-state index in [0.29, 0.717) is 20.8 Å². The highest BCUT2D eigenvalue weighted by Gasteiger charge is 2.06. The molecule has 15 heavy (non-hydrogen) atoms. The molecular formula is C9H9Cl3N2O. The van der Waals surface area contributed by atoms with Crippen molar-refractivity contribution in [2.75, 3.05) is 18.9 Å². The van der Waals surface area contributed by atoms with E-state index in [0.717, 1.165) is 0 Å². The predicted molar refractivity (Wildman–Crippen MR) is 64.0 cm³/mol. The molecule has 0 spiro atoms. The number of likely N-dealkylation sites (N-methyl/N-ethyl adjacent to an activating group) is 1. The number of benzene rings is 1. The first kappa shape index (κ1) is 12.4. The minimum absolute atomic E-state index is 0.133. The van der Waals surface area contributed by atoms with Gasteiger partial charge in [-0.25, -0.2) is 0 Å². The van der Waals surface area contributed by atoms with E-state index >= 15 is 0 Å². The average molecular weight is 268 g/mol. The first-order chi connectivity index (χ1) is 7.04. The lowest BCUT2D eigenvalue weighted by Crippen LogP contribution is -2.26. The molecule has 6 heteroatoms. The number of hydrogen-bond donors (Lipinski definition) is 2. The number of anilines is 1. The van der Waals surface area contributed by atoms with E-state index < -0.39 is 0 Å². The van der Waals surface area contributed by atoms with E-state index in [4.69, 9.17) is 34.8 Å². The monoisotopic (exact) mass is 266 g/mol. The molecule has 3 nitrogen and oxygen atoms in total. The molecule has 0 bridgehead atoms. The Morgan fingerprint density at radius 3 is 2.40 bits per heavy atom. The molecule has 1 rings (SSSR count). The summed E-state index contributed by atoms with van der Waals surface area (Å²) in [5.41, 5.74) is 0.578. The molecule has 0 saturated carbocycles. The van der Waals surface area contributed by atoms with Gasteiger partial charge >= 0.3 is 0 Å². The summed E-state index contributed by atoms with van der Waals surface area (Å²) in [6.45, 7) is 0.133. The Hall–Kier alpha value is -0.640. The van der Waals surface area contributed by atoms with E-state index in [1.807, 2.05) is 0 Å². The summed E-state index contributed by atoms with van der Waals surface area (Å²) in [6.07, 6.45) is 0. The van der Waals surface area contributed by atoms with E-state index in [2.05, 4.69) is 10.6 Å². The molecule has 0 fully saturated rings. The van der Waals surface area contributed by atoms with Gasteiger partial charge in [0.05, 0.1) is 27.3 Å². The number of carbonyl (C=O) groups is 1. The Morgan fingerprint density at radius 2 is 1.80 bits per heavy atom. The summed E-state index contributed by atoms with van der Waals surface area (Å²) < 4.78 is 0. The summed E-state index contributed by atoms with van der Waals surface area (Å²) in [6, 6.07) is 3.10. The van der Waals surface area contributed by atoms with Gasteiger partial charge in [0.15, 0.2) is 0 Å². The fourth-order valence-electron chi connectivity index (χ4n) is 0.922. The van der Waals surface area contributed by atoms with Gasteiger partial charge in [0.2, 0.25) is 5.91 Å². The van der Waals surface area contributed by atoms with Crippen LogP contribution in [0.15, 0.2) is 12.1 Å². The molecule has 0 radical (unpaired) electrons. The van der Waals surface area contributed by atoms with Gasteiger partial charge in [-0.2, -0.15) is 0 Å². The Kier molecular flexibility index (Phi) is 4.51. The predicted octanol–water partition coefficient (Wildman–Crippen LogP) is 2.80. The molecule has 0 aliphatic rings. The highest BCUT2D eigenvalue weighted by Crippen LogP contribution is 2.31. The lowest BCUT2D eigenvalue weighted by molar-refractivity contribution is -0.118. The summed E-state index contributed by atoms with van der Waals surface area (Å²) in [7, 11) is 1.56. The largest absolute Gasteiger partial charge is 0.375 e. The quantitative estimate of drug-likeness (QED) is 0.827. The van der Waals surface area contributed by atoms with Crippen molar-refractivity contribution in [2.45, 2.75) is 0 Å². The number of halogens is 3. The van der Waals surface area contributed by atoms with Gasteiger partial charge in [0.1, 0.15) is 0 Å². The lowest BCUT2D eigenvalue weighted by Gasteiger charge is -2.08. The Morgan fingerprint density at radius 1 is 1.20 bits per heavy atom. The highest BCUT2D eigenvalue weighted by molar-refractivity contribution is 6.44. The van der Waals surface area contributed by atoms with Gasteiger partial charge < -0.3 is 10.6 Å². The first-order valence-electron chi connectivity index (χ1n) is 4.13. The van der Waals surface area contributed by atoms with Crippen molar-refractivity contribution in [3.8, 4) is 0 Å². The van der Waals surface area contributed by atoms with E-state index in [-0.39, 0.29) is 12.5 Å². The normalized spacial score (nSPS) is 9.87. The molecule has 0 heterocycles. The summed E-state index contributed by atoms with van der Waals surface area (Å²) in [4.78, 5) is 11.0. The van der Waals surface area contributed by atoms with Crippen LogP contribution in [0.25, 0.3) is 0 Å². The maximum atomic E-state index is 11.0. The van der Waals surface area contributed by atoms with Gasteiger partial charge in [0.25, 0.3) is 0 Å². The van der Waals surface area contributed by atoms with Gasteiger partial charge in [-0.15, -0.1) is 0 Å². The third kappa shape index (κ3) is 3.45. The van der Waals surface area contributed by atoms with Gasteiger partial charge in [-0.3, -0.25) is 4.79 Å². The van der Waals surface area contributed by atoms with Crippen molar-refractivity contribution in [1.82, 2.24) is 5.32 Å². The lowest BCUT2D eigenvalue weighted by atomic mass is 10.3. The average Bonchev–Trinajstić information content (AvgIpc) is 2.21. The van der Waals surface area contributed by atoms with E-state index in [9.17, 15) is 4.79 Å². The number of carbonyl (C=O) groups excluding carboxylic acids is 1. The molecule has 2 N–H and O–H groups in total. The van der Waals surface area contributed by atoms with Crippen LogP contribution in [0.5, 0.6) is 0 Å². The number of nitrogens with one attached hydrogen (secondary N) is 2. The summed E-state index contributed by atoms with van der Waals surface area (Å²) >= 11 is 17.4. The summed E-state index contributed by atoms with van der Waals surface area (Å²) in [5, 5.41) is 6.52. The topological polar surface area (TPSA) is 41.1 Å². The second-order valence-electron chi connectivity index (χ2n) is 2.77. The SMILES string of the molecule is CNC(=O)CNc1cc(Cl)c(Cl)cc1Cl. The second kappa shape index (κ2) is 5.45. The smallest absolute Gasteiger partial charge is 0.239 e. The molecule has 0 aromatic heterocycles. The Balaban J connectivity index is 2.77. The first-order valence-corrected chi connectivity index (χ1v) is 5.27. The molecule has 1 amide bonds. The minimum atomic E-state index is -0.142. The van der Waals surface area contributed by atoms with Crippen molar-refractivity contribution in [1.29, 1.82) is 0 Å². The Bertz CT molecular complexity index is 382. The van der Waals surface area contributed by atoms with Crippen LogP contribution in [0.2, 0.25) is 15.1 Å². The van der Waals surface area contributed by atoms with Crippen molar-refractivity contribution < 1.29 is 4.79 Å². The minimum Gasteiger partial charge on any atom is -0.375 e. The molecular weight excluding hydrogens is 258 g/mol. The number of hydrogen-bond acceptors (Lipinski definition) is 2. The third-order valence-corrected chi connectivity index (χ3v) is 2.76. The maximum absolute atomic E-state index is 11.0. The van der Waals surface area contributed by atoms with Crippen LogP contribution in [0.4, 0.5) is 5.69 Å². The number of rotatable bonds is 3. The molecule has 1 aromatic rings. The van der Waals surface area contributed by atoms with Gasteiger partial charge in [-0.1, -0.05) is 34.8 Å². The van der Waals surface area contributed by atoms with Crippen LogP contribution in [0, 0.1) is 0 Å². The van der Waals surface area contributed by atoms with E-state index in [1.165, 1.54) is 6.07 Å². The zero-order valence-corrected chi connectivity index (χ0v) is 10.2. The highest BCUT2D eigenvalue weighted by atomic mass is 35.5. The Labute approximate surface area is 103 Å². The van der Waals surface area contributed by atoms with Crippen LogP contribution < -0.4 is 10.6 Å². The summed E-state index contributed by atoms with van der Waals surface area (Å²) in [5.74, 6) is -0.142. The number of amides is 1. The van der Waals surface area contributed by atoms with Crippen molar-refractivity contribution in [2.24, 2.45) is 0 Å². The van der Waals surface area contributed by atoms with Crippen LogP contribution in [-0.4, -0.2) is 19.5 Å². The second-order valence-corrected chi connectivity index (χ2v) is 3.99. The van der Waals surface area contributed by atoms with Crippen LogP contribution in [-0.2, 0) is 4.79 Å². The molecule has 1 aromatic carbocycles. The zero-order chi connectivity index (χ0) is 11.4. The van der Waals surface area contributed by atoms with Gasteiger partial charge in [-0.05, 0) is 12.1 Å². The van der Waals surface area contributed by atoms with E-state index in [1.54, 1.807) is 13.1 Å².